The first kappa shape index (κ1) is 11.1. The molecule has 0 aliphatic heterocycles. The highest BCUT2D eigenvalue weighted by Gasteiger charge is 2.09. The Bertz CT molecular complexity index is 553. The maximum atomic E-state index is 11.4. The molecule has 0 atom stereocenters. The Morgan fingerprint density at radius 1 is 1.18 bits per heavy atom. The number of benzene rings is 1. The number of hydrogen-bond donors (Lipinski definition) is 1. The highest BCUT2D eigenvalue weighted by atomic mass is 16.5. The Balaban J connectivity index is 2.47. The van der Waals surface area contributed by atoms with Crippen molar-refractivity contribution in [2.24, 2.45) is 0 Å². The topological polar surface area (TPSA) is 65.2 Å². The molecule has 0 fully saturated rings. The average molecular weight is 228 g/mol. The van der Waals surface area contributed by atoms with Gasteiger partial charge in [0.2, 0.25) is 0 Å². The molecule has 2 N–H and O–H groups in total. The van der Waals surface area contributed by atoms with Crippen LogP contribution < -0.4 is 5.73 Å². The van der Waals surface area contributed by atoms with E-state index in [0.29, 0.717) is 11.4 Å². The molecule has 0 unspecified atom stereocenters. The van der Waals surface area contributed by atoms with Crippen molar-refractivity contribution in [1.29, 1.82) is 0 Å². The van der Waals surface area contributed by atoms with Gasteiger partial charge in [-0.3, -0.25) is 0 Å². The van der Waals surface area contributed by atoms with E-state index in [1.54, 1.807) is 24.3 Å². The van der Waals surface area contributed by atoms with Gasteiger partial charge >= 0.3 is 5.97 Å². The summed E-state index contributed by atoms with van der Waals surface area (Å²) in [6.45, 7) is 0. The van der Waals surface area contributed by atoms with Crippen LogP contribution in [0.25, 0.3) is 11.3 Å². The SMILES string of the molecule is COC(=O)c1cccc(-c2ccccc2N)n1. The van der Waals surface area contributed by atoms with Crippen molar-refractivity contribution in [3.63, 3.8) is 0 Å². The van der Waals surface area contributed by atoms with Crippen LogP contribution in [0.15, 0.2) is 42.5 Å². The number of nitrogen functional groups attached to an aromatic ring is 1. The number of nitrogens with zero attached hydrogens (tertiary/aromatic N) is 1. The fraction of sp³-hybridized carbons (Fsp3) is 0.0769. The summed E-state index contributed by atoms with van der Waals surface area (Å²) >= 11 is 0. The molecule has 0 radical (unpaired) electrons. The minimum atomic E-state index is -0.457. The molecule has 86 valence electrons. The first-order chi connectivity index (χ1) is 8.22. The predicted molar refractivity (Wildman–Crippen MR) is 65.4 cm³/mol. The van der Waals surface area contributed by atoms with Gasteiger partial charge in [-0.25, -0.2) is 9.78 Å². The molecule has 2 rings (SSSR count). The van der Waals surface area contributed by atoms with Gasteiger partial charge in [0.15, 0.2) is 0 Å². The first-order valence-corrected chi connectivity index (χ1v) is 5.12. The second-order valence-electron chi connectivity index (χ2n) is 3.49. The smallest absolute Gasteiger partial charge is 0.356 e. The van der Waals surface area contributed by atoms with Gasteiger partial charge in [0.1, 0.15) is 5.69 Å². The van der Waals surface area contributed by atoms with Gasteiger partial charge in [-0.2, -0.15) is 0 Å². The van der Waals surface area contributed by atoms with E-state index in [-0.39, 0.29) is 5.69 Å². The second kappa shape index (κ2) is 4.65. The molecule has 0 aliphatic carbocycles. The number of pyridine rings is 1. The third-order valence-corrected chi connectivity index (χ3v) is 2.38. The maximum Gasteiger partial charge on any atom is 0.356 e. The second-order valence-corrected chi connectivity index (χ2v) is 3.49. The zero-order valence-corrected chi connectivity index (χ0v) is 9.38. The highest BCUT2D eigenvalue weighted by Crippen LogP contribution is 2.23. The molecule has 4 heteroatoms. The highest BCUT2D eigenvalue weighted by molar-refractivity contribution is 5.88. The van der Waals surface area contributed by atoms with Gasteiger partial charge < -0.3 is 10.5 Å². The van der Waals surface area contributed by atoms with E-state index in [0.717, 1.165) is 5.56 Å². The van der Waals surface area contributed by atoms with E-state index >= 15 is 0 Å². The molecule has 0 bridgehead atoms. The van der Waals surface area contributed by atoms with Crippen molar-refractivity contribution in [3.8, 4) is 11.3 Å². The minimum absolute atomic E-state index is 0.272. The molecule has 0 spiro atoms. The summed E-state index contributed by atoms with van der Waals surface area (Å²) in [6.07, 6.45) is 0. The lowest BCUT2D eigenvalue weighted by Gasteiger charge is -2.05. The van der Waals surface area contributed by atoms with Gasteiger partial charge in [0, 0.05) is 11.3 Å². The maximum absolute atomic E-state index is 11.4. The van der Waals surface area contributed by atoms with Crippen LogP contribution in [0.5, 0.6) is 0 Å². The van der Waals surface area contributed by atoms with E-state index in [1.807, 2.05) is 18.2 Å². The van der Waals surface area contributed by atoms with Crippen LogP contribution >= 0.6 is 0 Å². The van der Waals surface area contributed by atoms with E-state index in [1.165, 1.54) is 7.11 Å². The molecule has 2 aromatic rings. The lowest BCUT2D eigenvalue weighted by molar-refractivity contribution is 0.0594. The third kappa shape index (κ3) is 2.25. The number of nitrogens with two attached hydrogens (primary N) is 1. The van der Waals surface area contributed by atoms with E-state index in [4.69, 9.17) is 5.73 Å². The Labute approximate surface area is 99.1 Å². The fourth-order valence-corrected chi connectivity index (χ4v) is 1.53. The van der Waals surface area contributed by atoms with Crippen molar-refractivity contribution < 1.29 is 9.53 Å². The molecule has 0 saturated heterocycles. The summed E-state index contributed by atoms with van der Waals surface area (Å²) in [6, 6.07) is 12.5. The molecule has 1 aromatic carbocycles. The van der Waals surface area contributed by atoms with Crippen molar-refractivity contribution in [2.45, 2.75) is 0 Å². The summed E-state index contributed by atoms with van der Waals surface area (Å²) in [4.78, 5) is 15.6. The van der Waals surface area contributed by atoms with Crippen LogP contribution in [0.1, 0.15) is 10.5 Å². The van der Waals surface area contributed by atoms with Crippen molar-refractivity contribution >= 4 is 11.7 Å². The van der Waals surface area contributed by atoms with Crippen molar-refractivity contribution in [3.05, 3.63) is 48.2 Å². The number of ether oxygens (including phenoxy) is 1. The Hall–Kier alpha value is -2.36. The summed E-state index contributed by atoms with van der Waals surface area (Å²) < 4.78 is 4.62. The van der Waals surface area contributed by atoms with Crippen LogP contribution in [0.3, 0.4) is 0 Å². The lowest BCUT2D eigenvalue weighted by Crippen LogP contribution is -2.04. The third-order valence-electron chi connectivity index (χ3n) is 2.38. The summed E-state index contributed by atoms with van der Waals surface area (Å²) in [5.74, 6) is -0.457. The molecule has 1 aromatic heterocycles. The standard InChI is InChI=1S/C13H12N2O2/c1-17-13(16)12-8-4-7-11(15-12)9-5-2-3-6-10(9)14/h2-8H,14H2,1H3. The molecule has 17 heavy (non-hydrogen) atoms. The van der Waals surface area contributed by atoms with Gasteiger partial charge in [-0.1, -0.05) is 24.3 Å². The Morgan fingerprint density at radius 3 is 2.65 bits per heavy atom. The van der Waals surface area contributed by atoms with E-state index in [2.05, 4.69) is 9.72 Å². The number of esters is 1. The van der Waals surface area contributed by atoms with Gasteiger partial charge in [0.25, 0.3) is 0 Å². The Morgan fingerprint density at radius 2 is 1.94 bits per heavy atom. The van der Waals surface area contributed by atoms with E-state index in [9.17, 15) is 4.79 Å². The normalized spacial score (nSPS) is 9.94. The van der Waals surface area contributed by atoms with E-state index < -0.39 is 5.97 Å². The van der Waals surface area contributed by atoms with Crippen LogP contribution in [-0.2, 0) is 4.74 Å². The predicted octanol–water partition coefficient (Wildman–Crippen LogP) is 2.12. The van der Waals surface area contributed by atoms with Crippen LogP contribution in [0, 0.1) is 0 Å². The first-order valence-electron chi connectivity index (χ1n) is 5.12. The quantitative estimate of drug-likeness (QED) is 0.631. The summed E-state index contributed by atoms with van der Waals surface area (Å²) in [5.41, 5.74) is 8.22. The number of para-hydroxylation sites is 1. The summed E-state index contributed by atoms with van der Waals surface area (Å²) in [7, 11) is 1.33. The van der Waals surface area contributed by atoms with Crippen LogP contribution in [0.2, 0.25) is 0 Å². The molecular weight excluding hydrogens is 216 g/mol. The number of hydrogen-bond acceptors (Lipinski definition) is 4. The van der Waals surface area contributed by atoms with Gasteiger partial charge in [-0.15, -0.1) is 0 Å². The Kier molecular flexibility index (Phi) is 3.05. The molecular formula is C13H12N2O2. The van der Waals surface area contributed by atoms with Crippen molar-refractivity contribution in [1.82, 2.24) is 4.98 Å². The number of anilines is 1. The van der Waals surface area contributed by atoms with Crippen LogP contribution in [-0.4, -0.2) is 18.1 Å². The molecule has 0 saturated carbocycles. The monoisotopic (exact) mass is 228 g/mol. The molecule has 0 aliphatic rings. The zero-order chi connectivity index (χ0) is 12.3. The van der Waals surface area contributed by atoms with Crippen molar-refractivity contribution in [2.75, 3.05) is 12.8 Å². The molecule has 4 nitrogen and oxygen atoms in total. The fourth-order valence-electron chi connectivity index (χ4n) is 1.53. The lowest BCUT2D eigenvalue weighted by atomic mass is 10.1. The number of carbonyl (C=O) groups excluding carboxylic acids is 1. The molecule has 0 amide bonds. The number of carbonyl (C=O) groups is 1. The zero-order valence-electron chi connectivity index (χ0n) is 9.38. The average Bonchev–Trinajstić information content (AvgIpc) is 2.38. The number of methoxy groups -OCH3 is 1. The number of aromatic nitrogens is 1. The number of rotatable bonds is 2. The van der Waals surface area contributed by atoms with Crippen LogP contribution in [0.4, 0.5) is 5.69 Å². The van der Waals surface area contributed by atoms with Gasteiger partial charge in [-0.05, 0) is 18.2 Å². The minimum Gasteiger partial charge on any atom is -0.464 e. The molecule has 1 heterocycles. The summed E-state index contributed by atoms with van der Waals surface area (Å²) in [5, 5.41) is 0. The largest absolute Gasteiger partial charge is 0.464 e. The van der Waals surface area contributed by atoms with Gasteiger partial charge in [0.05, 0.1) is 12.8 Å².